The number of hydrogen-bond acceptors (Lipinski definition) is 1. The first kappa shape index (κ1) is 11.7. The average Bonchev–Trinajstić information content (AvgIpc) is 3.10. The summed E-state index contributed by atoms with van der Waals surface area (Å²) in [5.74, 6) is 0.930. The SMILES string of the molecule is CC(C1CC1)N(C)c1ccc(F)cc1CCl. The minimum atomic E-state index is -0.216. The van der Waals surface area contributed by atoms with Gasteiger partial charge in [-0.15, -0.1) is 11.6 Å². The van der Waals surface area contributed by atoms with E-state index in [-0.39, 0.29) is 5.82 Å². The van der Waals surface area contributed by atoms with Gasteiger partial charge in [0.05, 0.1) is 0 Å². The monoisotopic (exact) mass is 241 g/mol. The first-order valence-electron chi connectivity index (χ1n) is 5.70. The normalized spacial score (nSPS) is 17.2. The van der Waals surface area contributed by atoms with Crippen LogP contribution in [0.25, 0.3) is 0 Å². The quantitative estimate of drug-likeness (QED) is 0.725. The minimum Gasteiger partial charge on any atom is -0.371 e. The molecule has 1 nitrogen and oxygen atoms in total. The summed E-state index contributed by atoms with van der Waals surface area (Å²) < 4.78 is 13.1. The van der Waals surface area contributed by atoms with Gasteiger partial charge in [0.25, 0.3) is 0 Å². The summed E-state index contributed by atoms with van der Waals surface area (Å²) in [5, 5.41) is 0. The first-order valence-corrected chi connectivity index (χ1v) is 6.24. The van der Waals surface area contributed by atoms with Gasteiger partial charge in [-0.2, -0.15) is 0 Å². The Morgan fingerprint density at radius 2 is 2.19 bits per heavy atom. The summed E-state index contributed by atoms with van der Waals surface area (Å²) in [6.45, 7) is 2.22. The summed E-state index contributed by atoms with van der Waals surface area (Å²) in [6.07, 6.45) is 2.62. The Balaban J connectivity index is 2.23. The van der Waals surface area contributed by atoms with Crippen LogP contribution in [0.15, 0.2) is 18.2 Å². The Morgan fingerprint density at radius 3 is 2.75 bits per heavy atom. The molecule has 0 radical (unpaired) electrons. The molecule has 1 fully saturated rings. The van der Waals surface area contributed by atoms with E-state index in [4.69, 9.17) is 11.6 Å². The van der Waals surface area contributed by atoms with Crippen LogP contribution in [0.5, 0.6) is 0 Å². The molecular formula is C13H17ClFN. The van der Waals surface area contributed by atoms with E-state index in [1.807, 2.05) is 6.07 Å². The second-order valence-electron chi connectivity index (χ2n) is 4.60. The smallest absolute Gasteiger partial charge is 0.123 e. The van der Waals surface area contributed by atoms with Gasteiger partial charge in [-0.25, -0.2) is 4.39 Å². The van der Waals surface area contributed by atoms with Crippen molar-refractivity contribution in [2.45, 2.75) is 31.7 Å². The molecule has 1 unspecified atom stereocenters. The largest absolute Gasteiger partial charge is 0.371 e. The molecule has 1 aromatic carbocycles. The maximum atomic E-state index is 13.1. The van der Waals surface area contributed by atoms with Crippen molar-refractivity contribution in [2.75, 3.05) is 11.9 Å². The number of hydrogen-bond donors (Lipinski definition) is 0. The van der Waals surface area contributed by atoms with Crippen LogP contribution >= 0.6 is 11.6 Å². The zero-order valence-electron chi connectivity index (χ0n) is 9.71. The van der Waals surface area contributed by atoms with Crippen molar-refractivity contribution in [3.63, 3.8) is 0 Å². The summed E-state index contributed by atoms with van der Waals surface area (Å²) in [7, 11) is 2.06. The molecule has 1 atom stereocenters. The van der Waals surface area contributed by atoms with Gasteiger partial charge < -0.3 is 4.90 Å². The highest BCUT2D eigenvalue weighted by atomic mass is 35.5. The molecule has 0 heterocycles. The van der Waals surface area contributed by atoms with Gasteiger partial charge >= 0.3 is 0 Å². The molecule has 1 aliphatic carbocycles. The van der Waals surface area contributed by atoms with Crippen LogP contribution in [0.1, 0.15) is 25.3 Å². The van der Waals surface area contributed by atoms with E-state index < -0.39 is 0 Å². The van der Waals surface area contributed by atoms with Gasteiger partial charge in [0.1, 0.15) is 5.82 Å². The van der Waals surface area contributed by atoms with Gasteiger partial charge in [-0.05, 0) is 49.4 Å². The van der Waals surface area contributed by atoms with E-state index in [0.717, 1.165) is 17.2 Å². The second-order valence-corrected chi connectivity index (χ2v) is 4.86. The van der Waals surface area contributed by atoms with Crippen molar-refractivity contribution >= 4 is 17.3 Å². The molecule has 0 amide bonds. The van der Waals surface area contributed by atoms with Crippen molar-refractivity contribution in [1.82, 2.24) is 0 Å². The lowest BCUT2D eigenvalue weighted by molar-refractivity contribution is 0.603. The van der Waals surface area contributed by atoms with E-state index >= 15 is 0 Å². The molecule has 2 rings (SSSR count). The Labute approximate surface area is 101 Å². The number of halogens is 2. The number of alkyl halides is 1. The molecule has 0 spiro atoms. The Morgan fingerprint density at radius 1 is 1.50 bits per heavy atom. The molecule has 1 saturated carbocycles. The molecule has 0 saturated heterocycles. The molecule has 1 aliphatic rings. The lowest BCUT2D eigenvalue weighted by Crippen LogP contribution is -2.31. The molecule has 0 aromatic heterocycles. The molecule has 3 heteroatoms. The van der Waals surface area contributed by atoms with E-state index in [1.54, 1.807) is 0 Å². The predicted octanol–water partition coefficient (Wildman–Crippen LogP) is 3.80. The van der Waals surface area contributed by atoms with Crippen molar-refractivity contribution < 1.29 is 4.39 Å². The minimum absolute atomic E-state index is 0.216. The predicted molar refractivity (Wildman–Crippen MR) is 66.5 cm³/mol. The standard InChI is InChI=1S/C13H17ClFN/c1-9(10-3-4-10)16(2)13-6-5-12(15)7-11(13)8-14/h5-7,9-10H,3-4,8H2,1-2H3. The second kappa shape index (κ2) is 4.62. The van der Waals surface area contributed by atoms with Crippen molar-refractivity contribution in [3.05, 3.63) is 29.6 Å². The lowest BCUT2D eigenvalue weighted by atomic mass is 10.1. The van der Waals surface area contributed by atoms with Gasteiger partial charge in [0.15, 0.2) is 0 Å². The van der Waals surface area contributed by atoms with Gasteiger partial charge in [-0.1, -0.05) is 0 Å². The topological polar surface area (TPSA) is 3.24 Å². The number of benzene rings is 1. The molecule has 0 aliphatic heterocycles. The Kier molecular flexibility index (Phi) is 3.38. The Bertz CT molecular complexity index is 376. The van der Waals surface area contributed by atoms with Crippen LogP contribution in [0, 0.1) is 11.7 Å². The third-order valence-corrected chi connectivity index (χ3v) is 3.77. The van der Waals surface area contributed by atoms with Crippen molar-refractivity contribution in [3.8, 4) is 0 Å². The van der Waals surface area contributed by atoms with Crippen molar-refractivity contribution in [2.24, 2.45) is 5.92 Å². The fraction of sp³-hybridized carbons (Fsp3) is 0.538. The first-order chi connectivity index (χ1) is 7.63. The maximum Gasteiger partial charge on any atom is 0.123 e. The summed E-state index contributed by atoms with van der Waals surface area (Å²) in [5.41, 5.74) is 1.92. The van der Waals surface area contributed by atoms with Gasteiger partial charge in [0, 0.05) is 24.7 Å². The van der Waals surface area contributed by atoms with Gasteiger partial charge in [-0.3, -0.25) is 0 Å². The van der Waals surface area contributed by atoms with E-state index in [0.29, 0.717) is 11.9 Å². The van der Waals surface area contributed by atoms with Crippen LogP contribution in [0.2, 0.25) is 0 Å². The summed E-state index contributed by atoms with van der Waals surface area (Å²) in [4.78, 5) is 2.22. The molecule has 0 bridgehead atoms. The van der Waals surface area contributed by atoms with Crippen LogP contribution in [-0.4, -0.2) is 13.1 Å². The number of anilines is 1. The zero-order valence-corrected chi connectivity index (χ0v) is 10.5. The highest BCUT2D eigenvalue weighted by Gasteiger charge is 2.31. The highest BCUT2D eigenvalue weighted by Crippen LogP contribution is 2.37. The lowest BCUT2D eigenvalue weighted by Gasteiger charge is -2.28. The fourth-order valence-corrected chi connectivity index (χ4v) is 2.33. The van der Waals surface area contributed by atoms with E-state index in [2.05, 4.69) is 18.9 Å². The average molecular weight is 242 g/mol. The molecule has 0 N–H and O–H groups in total. The van der Waals surface area contributed by atoms with E-state index in [9.17, 15) is 4.39 Å². The van der Waals surface area contributed by atoms with Crippen LogP contribution in [0.3, 0.4) is 0 Å². The number of nitrogens with zero attached hydrogens (tertiary/aromatic N) is 1. The van der Waals surface area contributed by atoms with Crippen LogP contribution < -0.4 is 4.90 Å². The van der Waals surface area contributed by atoms with Crippen molar-refractivity contribution in [1.29, 1.82) is 0 Å². The summed E-state index contributed by atoms with van der Waals surface area (Å²) in [6, 6.07) is 5.36. The highest BCUT2D eigenvalue weighted by molar-refractivity contribution is 6.17. The third-order valence-electron chi connectivity index (χ3n) is 3.48. The molecular weight excluding hydrogens is 225 g/mol. The molecule has 88 valence electrons. The zero-order chi connectivity index (χ0) is 11.7. The fourth-order valence-electron chi connectivity index (χ4n) is 2.12. The maximum absolute atomic E-state index is 13.1. The van der Waals surface area contributed by atoms with Gasteiger partial charge in [0.2, 0.25) is 0 Å². The molecule has 16 heavy (non-hydrogen) atoms. The number of rotatable bonds is 4. The van der Waals surface area contributed by atoms with E-state index in [1.165, 1.54) is 25.0 Å². The molecule has 1 aromatic rings. The van der Waals surface area contributed by atoms with Crippen LogP contribution in [-0.2, 0) is 5.88 Å². The van der Waals surface area contributed by atoms with Crippen LogP contribution in [0.4, 0.5) is 10.1 Å². The third kappa shape index (κ3) is 2.32. The Hall–Kier alpha value is -0.760. The summed E-state index contributed by atoms with van der Waals surface area (Å²) >= 11 is 5.85.